The van der Waals surface area contributed by atoms with Gasteiger partial charge in [-0.25, -0.2) is 8.42 Å². The van der Waals surface area contributed by atoms with Gasteiger partial charge in [0, 0.05) is 24.8 Å². The topological polar surface area (TPSA) is 79.4 Å². The highest BCUT2D eigenvalue weighted by Crippen LogP contribution is 2.22. The third-order valence-electron chi connectivity index (χ3n) is 4.25. The van der Waals surface area contributed by atoms with E-state index < -0.39 is 10.0 Å². The highest BCUT2D eigenvalue weighted by atomic mass is 32.2. The fraction of sp³-hybridized carbons (Fsp3) is 0.368. The van der Waals surface area contributed by atoms with Crippen LogP contribution < -0.4 is 5.32 Å². The van der Waals surface area contributed by atoms with Crippen molar-refractivity contribution in [1.29, 1.82) is 0 Å². The summed E-state index contributed by atoms with van der Waals surface area (Å²) in [5, 5.41) is 2.86. The van der Waals surface area contributed by atoms with Crippen LogP contribution in [0.2, 0.25) is 0 Å². The van der Waals surface area contributed by atoms with Crippen LogP contribution in [0.4, 0.5) is 0 Å². The molecule has 1 atom stereocenters. The van der Waals surface area contributed by atoms with Crippen molar-refractivity contribution in [2.75, 3.05) is 13.1 Å². The molecule has 0 aliphatic rings. The van der Waals surface area contributed by atoms with Crippen molar-refractivity contribution in [2.45, 2.75) is 38.6 Å². The second kappa shape index (κ2) is 8.42. The van der Waals surface area contributed by atoms with Gasteiger partial charge in [0.1, 0.15) is 0 Å². The number of amides is 1. The lowest BCUT2D eigenvalue weighted by Crippen LogP contribution is -2.32. The van der Waals surface area contributed by atoms with Gasteiger partial charge in [0.15, 0.2) is 0 Å². The maximum absolute atomic E-state index is 12.8. The summed E-state index contributed by atoms with van der Waals surface area (Å²) in [6, 6.07) is 9.95. The number of aromatic nitrogens is 1. The average Bonchev–Trinajstić information content (AvgIpc) is 2.63. The maximum atomic E-state index is 12.8. The number of rotatable bonds is 7. The fourth-order valence-electron chi connectivity index (χ4n) is 2.71. The van der Waals surface area contributed by atoms with E-state index in [2.05, 4.69) is 10.3 Å². The summed E-state index contributed by atoms with van der Waals surface area (Å²) in [5.41, 5.74) is 1.67. The molecule has 1 aromatic carbocycles. The first-order chi connectivity index (χ1) is 12.3. The van der Waals surface area contributed by atoms with Crippen LogP contribution in [0, 0.1) is 6.92 Å². The van der Waals surface area contributed by atoms with Gasteiger partial charge in [-0.15, -0.1) is 0 Å². The van der Waals surface area contributed by atoms with E-state index in [1.807, 2.05) is 25.1 Å². The molecule has 1 aromatic heterocycles. The first-order valence-corrected chi connectivity index (χ1v) is 10.1. The van der Waals surface area contributed by atoms with Crippen molar-refractivity contribution < 1.29 is 13.2 Å². The summed E-state index contributed by atoms with van der Waals surface area (Å²) in [6.45, 7) is 7.91. The van der Waals surface area contributed by atoms with Crippen LogP contribution in [-0.2, 0) is 10.0 Å². The molecule has 0 spiro atoms. The molecule has 0 radical (unpaired) electrons. The number of hydrogen-bond donors (Lipinski definition) is 1. The first kappa shape index (κ1) is 20.1. The molecule has 6 nitrogen and oxygen atoms in total. The molecule has 0 aliphatic carbocycles. The number of nitrogens with one attached hydrogen (secondary N) is 1. The van der Waals surface area contributed by atoms with Crippen LogP contribution in [-0.4, -0.2) is 36.7 Å². The van der Waals surface area contributed by atoms with Gasteiger partial charge in [-0.2, -0.15) is 4.31 Å². The smallest absolute Gasteiger partial charge is 0.251 e. The SMILES string of the molecule is CCN(CC)S(=O)(=O)c1cc(C(=O)NC(C)c2ccccn2)ccc1C. The van der Waals surface area contributed by atoms with Gasteiger partial charge >= 0.3 is 0 Å². The molecule has 0 saturated heterocycles. The number of aryl methyl sites for hydroxylation is 1. The fourth-order valence-corrected chi connectivity index (χ4v) is 4.42. The lowest BCUT2D eigenvalue weighted by atomic mass is 10.1. The van der Waals surface area contributed by atoms with E-state index >= 15 is 0 Å². The molecule has 2 aromatic rings. The van der Waals surface area contributed by atoms with Gasteiger partial charge in [0.2, 0.25) is 10.0 Å². The normalized spacial score (nSPS) is 12.8. The van der Waals surface area contributed by atoms with Crippen molar-refractivity contribution in [1.82, 2.24) is 14.6 Å². The summed E-state index contributed by atoms with van der Waals surface area (Å²) in [7, 11) is -3.63. The van der Waals surface area contributed by atoms with Crippen molar-refractivity contribution in [3.05, 3.63) is 59.4 Å². The molecule has 0 saturated carbocycles. The molecule has 0 bridgehead atoms. The van der Waals surface area contributed by atoms with Crippen LogP contribution in [0.25, 0.3) is 0 Å². The summed E-state index contributed by atoms with van der Waals surface area (Å²) in [6.07, 6.45) is 1.67. The molecule has 140 valence electrons. The zero-order valence-corrected chi connectivity index (χ0v) is 16.4. The minimum atomic E-state index is -3.63. The van der Waals surface area contributed by atoms with Crippen molar-refractivity contribution in [3.63, 3.8) is 0 Å². The van der Waals surface area contributed by atoms with Gasteiger partial charge in [0.25, 0.3) is 5.91 Å². The van der Waals surface area contributed by atoms with E-state index in [0.717, 1.165) is 5.69 Å². The molecule has 1 unspecified atom stereocenters. The Balaban J connectivity index is 2.30. The zero-order valence-electron chi connectivity index (χ0n) is 15.6. The molecular formula is C19H25N3O3S. The van der Waals surface area contributed by atoms with Crippen molar-refractivity contribution in [3.8, 4) is 0 Å². The molecule has 1 amide bonds. The lowest BCUT2D eigenvalue weighted by molar-refractivity contribution is 0.0939. The molecule has 7 heteroatoms. The second-order valence-corrected chi connectivity index (χ2v) is 7.93. The number of carbonyl (C=O) groups is 1. The summed E-state index contributed by atoms with van der Waals surface area (Å²) < 4.78 is 27.0. The van der Waals surface area contributed by atoms with Gasteiger partial charge in [-0.3, -0.25) is 9.78 Å². The Labute approximate surface area is 155 Å². The quantitative estimate of drug-likeness (QED) is 0.807. The van der Waals surface area contributed by atoms with Crippen LogP contribution in [0.15, 0.2) is 47.5 Å². The average molecular weight is 375 g/mol. The molecule has 0 aliphatic heterocycles. The van der Waals surface area contributed by atoms with E-state index in [1.54, 1.807) is 39.1 Å². The minimum Gasteiger partial charge on any atom is -0.344 e. The van der Waals surface area contributed by atoms with E-state index in [-0.39, 0.29) is 16.8 Å². The standard InChI is InChI=1S/C19H25N3O3S/c1-5-22(6-2)26(24,25)18-13-16(11-10-14(18)3)19(23)21-15(4)17-9-7-8-12-20-17/h7-13,15H,5-6H2,1-4H3,(H,21,23). The zero-order chi connectivity index (χ0) is 19.3. The number of carbonyl (C=O) groups excluding carboxylic acids is 1. The Morgan fingerprint density at radius 1 is 1.19 bits per heavy atom. The van der Waals surface area contributed by atoms with Gasteiger partial charge in [0.05, 0.1) is 16.6 Å². The predicted octanol–water partition coefficient (Wildman–Crippen LogP) is 2.91. The van der Waals surface area contributed by atoms with Gasteiger partial charge < -0.3 is 5.32 Å². The number of sulfonamides is 1. The van der Waals surface area contributed by atoms with E-state index in [4.69, 9.17) is 0 Å². The van der Waals surface area contributed by atoms with E-state index in [1.165, 1.54) is 10.4 Å². The molecule has 2 rings (SSSR count). The van der Waals surface area contributed by atoms with Crippen molar-refractivity contribution in [2.24, 2.45) is 0 Å². The predicted molar refractivity (Wildman–Crippen MR) is 101 cm³/mol. The van der Waals surface area contributed by atoms with Gasteiger partial charge in [-0.1, -0.05) is 26.0 Å². The first-order valence-electron chi connectivity index (χ1n) is 8.63. The number of nitrogens with zero attached hydrogens (tertiary/aromatic N) is 2. The van der Waals surface area contributed by atoms with E-state index in [9.17, 15) is 13.2 Å². The molecular weight excluding hydrogens is 350 g/mol. The second-order valence-electron chi connectivity index (χ2n) is 6.02. The molecule has 0 fully saturated rings. The molecule has 1 heterocycles. The Morgan fingerprint density at radius 3 is 2.46 bits per heavy atom. The number of hydrogen-bond acceptors (Lipinski definition) is 4. The van der Waals surface area contributed by atoms with E-state index in [0.29, 0.717) is 24.2 Å². The maximum Gasteiger partial charge on any atom is 0.251 e. The highest BCUT2D eigenvalue weighted by molar-refractivity contribution is 7.89. The number of benzene rings is 1. The van der Waals surface area contributed by atoms with Crippen LogP contribution in [0.1, 0.15) is 48.4 Å². The Hall–Kier alpha value is -2.25. The summed E-state index contributed by atoms with van der Waals surface area (Å²) in [4.78, 5) is 17.0. The van der Waals surface area contributed by atoms with Crippen LogP contribution in [0.5, 0.6) is 0 Å². The van der Waals surface area contributed by atoms with Gasteiger partial charge in [-0.05, 0) is 43.7 Å². The lowest BCUT2D eigenvalue weighted by Gasteiger charge is -2.20. The van der Waals surface area contributed by atoms with Crippen LogP contribution in [0.3, 0.4) is 0 Å². The minimum absolute atomic E-state index is 0.166. The summed E-state index contributed by atoms with van der Waals surface area (Å²) in [5.74, 6) is -0.334. The molecule has 1 N–H and O–H groups in total. The third-order valence-corrected chi connectivity index (χ3v) is 6.44. The Morgan fingerprint density at radius 2 is 1.88 bits per heavy atom. The summed E-state index contributed by atoms with van der Waals surface area (Å²) >= 11 is 0. The Bertz CT molecular complexity index is 863. The molecule has 26 heavy (non-hydrogen) atoms. The Kier molecular flexibility index (Phi) is 6.50. The third kappa shape index (κ3) is 4.28. The van der Waals surface area contributed by atoms with Crippen molar-refractivity contribution >= 4 is 15.9 Å². The largest absolute Gasteiger partial charge is 0.344 e. The number of pyridine rings is 1. The monoisotopic (exact) mass is 375 g/mol. The highest BCUT2D eigenvalue weighted by Gasteiger charge is 2.25. The van der Waals surface area contributed by atoms with Crippen LogP contribution >= 0.6 is 0 Å².